The molecule has 1 unspecified atom stereocenters. The molecule has 1 atom stereocenters. The molecule has 0 aromatic heterocycles. The Kier molecular flexibility index (Phi) is 5.25. The monoisotopic (exact) mass is 295 g/mol. The summed E-state index contributed by atoms with van der Waals surface area (Å²) >= 11 is 0. The Hall–Kier alpha value is -1.64. The minimum Gasteiger partial charge on any atom is -0.369 e. The molecule has 0 amide bonds. The first-order valence-corrected chi connectivity index (χ1v) is 8.26. The molecule has 1 aliphatic rings. The predicted molar refractivity (Wildman–Crippen MR) is 90.9 cm³/mol. The Morgan fingerprint density at radius 1 is 1.00 bits per heavy atom. The Morgan fingerprint density at radius 2 is 1.59 bits per heavy atom. The van der Waals surface area contributed by atoms with Gasteiger partial charge in [-0.2, -0.15) is 0 Å². The van der Waals surface area contributed by atoms with Crippen LogP contribution in [0.2, 0.25) is 0 Å². The van der Waals surface area contributed by atoms with Crippen LogP contribution in [0.5, 0.6) is 0 Å². The molecule has 1 fully saturated rings. The summed E-state index contributed by atoms with van der Waals surface area (Å²) in [5.41, 5.74) is 2.46. The average molecular weight is 295 g/mol. The number of likely N-dealkylation sites (tertiary alicyclic amines) is 1. The highest BCUT2D eigenvalue weighted by Gasteiger charge is 2.21. The van der Waals surface area contributed by atoms with E-state index < -0.39 is 0 Å². The summed E-state index contributed by atoms with van der Waals surface area (Å²) in [6.45, 7) is 2.04. The van der Waals surface area contributed by atoms with E-state index in [9.17, 15) is 0 Å². The van der Waals surface area contributed by atoms with E-state index in [1.807, 2.05) is 0 Å². The second-order valence-electron chi connectivity index (χ2n) is 6.14. The van der Waals surface area contributed by atoms with Crippen molar-refractivity contribution < 1.29 is 4.74 Å². The molecule has 1 aliphatic heterocycles. The Bertz CT molecular complexity index is 515. The molecule has 0 aliphatic carbocycles. The van der Waals surface area contributed by atoms with Crippen molar-refractivity contribution in [1.29, 1.82) is 0 Å². The highest BCUT2D eigenvalue weighted by Crippen LogP contribution is 2.27. The van der Waals surface area contributed by atoms with E-state index in [-0.39, 0.29) is 6.10 Å². The van der Waals surface area contributed by atoms with Crippen LogP contribution in [-0.2, 0) is 4.74 Å². The number of ether oxygens (including phenoxy) is 1. The van der Waals surface area contributed by atoms with Gasteiger partial charge >= 0.3 is 0 Å². The summed E-state index contributed by atoms with van der Waals surface area (Å²) in [5.74, 6) is 0. The minimum atomic E-state index is 0.0362. The van der Waals surface area contributed by atoms with Crippen molar-refractivity contribution in [3.05, 3.63) is 71.8 Å². The fourth-order valence-corrected chi connectivity index (χ4v) is 3.31. The van der Waals surface area contributed by atoms with E-state index in [4.69, 9.17) is 4.74 Å². The first kappa shape index (κ1) is 15.3. The maximum atomic E-state index is 6.30. The molecule has 22 heavy (non-hydrogen) atoms. The molecule has 2 aromatic carbocycles. The van der Waals surface area contributed by atoms with Crippen molar-refractivity contribution in [2.45, 2.75) is 31.4 Å². The average Bonchev–Trinajstić information content (AvgIpc) is 2.98. The number of nitrogens with zero attached hydrogens (tertiary/aromatic N) is 1. The van der Waals surface area contributed by atoms with Gasteiger partial charge < -0.3 is 9.64 Å². The van der Waals surface area contributed by atoms with E-state index in [0.29, 0.717) is 6.04 Å². The predicted octanol–water partition coefficient (Wildman–Crippen LogP) is 4.28. The fourth-order valence-electron chi connectivity index (χ4n) is 3.31. The van der Waals surface area contributed by atoms with Crippen LogP contribution in [0.25, 0.3) is 0 Å². The van der Waals surface area contributed by atoms with Crippen molar-refractivity contribution >= 4 is 0 Å². The van der Waals surface area contributed by atoms with Gasteiger partial charge in [0.25, 0.3) is 0 Å². The maximum absolute atomic E-state index is 6.30. The smallest absolute Gasteiger partial charge is 0.108 e. The lowest BCUT2D eigenvalue weighted by molar-refractivity contribution is 0.0661. The Labute approximate surface area is 133 Å². The maximum Gasteiger partial charge on any atom is 0.108 e. The van der Waals surface area contributed by atoms with Gasteiger partial charge in [0.1, 0.15) is 6.10 Å². The third-order valence-electron chi connectivity index (χ3n) is 4.61. The number of hydrogen-bond acceptors (Lipinski definition) is 2. The zero-order valence-electron chi connectivity index (χ0n) is 13.3. The largest absolute Gasteiger partial charge is 0.369 e. The zero-order valence-corrected chi connectivity index (χ0v) is 13.3. The molecular formula is C20H25NO. The molecule has 2 aromatic rings. The van der Waals surface area contributed by atoms with E-state index in [0.717, 1.165) is 13.0 Å². The van der Waals surface area contributed by atoms with Crippen LogP contribution in [0.1, 0.15) is 36.5 Å². The molecule has 1 heterocycles. The lowest BCUT2D eigenvalue weighted by atomic mass is 10.0. The van der Waals surface area contributed by atoms with Crippen LogP contribution >= 0.6 is 0 Å². The van der Waals surface area contributed by atoms with Gasteiger partial charge in [0.2, 0.25) is 0 Å². The summed E-state index contributed by atoms with van der Waals surface area (Å²) in [7, 11) is 2.23. The lowest BCUT2D eigenvalue weighted by Gasteiger charge is -2.23. The Morgan fingerprint density at radius 3 is 2.09 bits per heavy atom. The van der Waals surface area contributed by atoms with Gasteiger partial charge in [0.05, 0.1) is 0 Å². The number of hydrogen-bond donors (Lipinski definition) is 0. The summed E-state index contributed by atoms with van der Waals surface area (Å²) in [6, 6.07) is 21.7. The topological polar surface area (TPSA) is 12.5 Å². The van der Waals surface area contributed by atoms with Crippen molar-refractivity contribution in [1.82, 2.24) is 4.90 Å². The van der Waals surface area contributed by atoms with Gasteiger partial charge in [-0.3, -0.25) is 0 Å². The number of benzene rings is 2. The van der Waals surface area contributed by atoms with Gasteiger partial charge in [0.15, 0.2) is 0 Å². The minimum absolute atomic E-state index is 0.0362. The molecule has 116 valence electrons. The van der Waals surface area contributed by atoms with Crippen LogP contribution in [-0.4, -0.2) is 31.1 Å². The van der Waals surface area contributed by atoms with Gasteiger partial charge in [0, 0.05) is 12.6 Å². The van der Waals surface area contributed by atoms with Crippen LogP contribution in [0.15, 0.2) is 60.7 Å². The van der Waals surface area contributed by atoms with Gasteiger partial charge in [-0.25, -0.2) is 0 Å². The van der Waals surface area contributed by atoms with Crippen molar-refractivity contribution in [3.8, 4) is 0 Å². The lowest BCUT2D eigenvalue weighted by Crippen LogP contribution is -2.26. The van der Waals surface area contributed by atoms with Gasteiger partial charge in [-0.1, -0.05) is 60.7 Å². The molecule has 0 N–H and O–H groups in total. The van der Waals surface area contributed by atoms with E-state index in [1.54, 1.807) is 0 Å². The third-order valence-corrected chi connectivity index (χ3v) is 4.61. The van der Waals surface area contributed by atoms with E-state index in [1.165, 1.54) is 30.5 Å². The van der Waals surface area contributed by atoms with Crippen LogP contribution < -0.4 is 0 Å². The molecule has 2 heteroatoms. The van der Waals surface area contributed by atoms with Crippen molar-refractivity contribution in [3.63, 3.8) is 0 Å². The fraction of sp³-hybridized carbons (Fsp3) is 0.400. The second kappa shape index (κ2) is 7.57. The summed E-state index contributed by atoms with van der Waals surface area (Å²) in [6.07, 6.45) is 3.78. The quantitative estimate of drug-likeness (QED) is 0.789. The molecule has 0 bridgehead atoms. The number of rotatable bonds is 6. The first-order chi connectivity index (χ1) is 10.8. The normalized spacial score (nSPS) is 18.9. The molecule has 0 radical (unpaired) electrons. The van der Waals surface area contributed by atoms with Crippen molar-refractivity contribution in [2.24, 2.45) is 0 Å². The van der Waals surface area contributed by atoms with Crippen molar-refractivity contribution in [2.75, 3.05) is 20.2 Å². The SMILES string of the molecule is CN1CCCC1CCOC(c1ccccc1)c1ccccc1. The highest BCUT2D eigenvalue weighted by atomic mass is 16.5. The van der Waals surface area contributed by atoms with E-state index >= 15 is 0 Å². The summed E-state index contributed by atoms with van der Waals surface area (Å²) in [4.78, 5) is 2.46. The van der Waals surface area contributed by atoms with Gasteiger partial charge in [-0.15, -0.1) is 0 Å². The molecule has 0 saturated carbocycles. The van der Waals surface area contributed by atoms with Crippen LogP contribution in [0, 0.1) is 0 Å². The molecular weight excluding hydrogens is 270 g/mol. The second-order valence-corrected chi connectivity index (χ2v) is 6.14. The molecule has 2 nitrogen and oxygen atoms in total. The van der Waals surface area contributed by atoms with Crippen LogP contribution in [0.4, 0.5) is 0 Å². The highest BCUT2D eigenvalue weighted by molar-refractivity contribution is 5.29. The van der Waals surface area contributed by atoms with Gasteiger partial charge in [-0.05, 0) is 44.0 Å². The Balaban J connectivity index is 1.67. The summed E-state index contributed by atoms with van der Waals surface area (Å²) < 4.78 is 6.30. The molecule has 3 rings (SSSR count). The van der Waals surface area contributed by atoms with E-state index in [2.05, 4.69) is 72.6 Å². The standard InChI is InChI=1S/C20H25NO/c1-21-15-8-13-19(21)14-16-22-20(17-9-4-2-5-10-17)18-11-6-3-7-12-18/h2-7,9-12,19-20H,8,13-16H2,1H3. The first-order valence-electron chi connectivity index (χ1n) is 8.26. The third kappa shape index (κ3) is 3.76. The zero-order chi connectivity index (χ0) is 15.2. The molecule has 1 saturated heterocycles. The van der Waals surface area contributed by atoms with Crippen LogP contribution in [0.3, 0.4) is 0 Å². The summed E-state index contributed by atoms with van der Waals surface area (Å²) in [5, 5.41) is 0. The molecule has 0 spiro atoms.